The second-order valence-corrected chi connectivity index (χ2v) is 5.48. The first kappa shape index (κ1) is 16.4. The largest absolute Gasteiger partial charge is 0.212 e. The predicted molar refractivity (Wildman–Crippen MR) is 75.7 cm³/mol. The van der Waals surface area contributed by atoms with Crippen LogP contribution in [-0.2, 0) is 0 Å². The van der Waals surface area contributed by atoms with Crippen LogP contribution < -0.4 is 0 Å². The molecule has 0 aromatic carbocycles. The normalized spacial score (nSPS) is 15.5. The van der Waals surface area contributed by atoms with Gasteiger partial charge in [0, 0.05) is 0 Å². The predicted octanol–water partition coefficient (Wildman–Crippen LogP) is 6.05. The molecule has 0 spiro atoms. The van der Waals surface area contributed by atoms with Crippen molar-refractivity contribution in [3.05, 3.63) is 23.6 Å². The highest BCUT2D eigenvalue weighted by Gasteiger charge is 2.32. The van der Waals surface area contributed by atoms with Gasteiger partial charge < -0.3 is 0 Å². The third-order valence-electron chi connectivity index (χ3n) is 4.04. The zero-order valence-electron chi connectivity index (χ0n) is 12.5. The molecule has 0 aliphatic carbocycles. The number of halogens is 1. The highest BCUT2D eigenvalue weighted by atomic mass is 19.1. The first-order valence-electron chi connectivity index (χ1n) is 6.86. The maximum Gasteiger partial charge on any atom is 0.0991 e. The minimum absolute atomic E-state index is 0.0152. The summed E-state index contributed by atoms with van der Waals surface area (Å²) in [6, 6.07) is 0. The van der Waals surface area contributed by atoms with Crippen LogP contribution in [0.25, 0.3) is 0 Å². The highest BCUT2D eigenvalue weighted by Crippen LogP contribution is 2.42. The summed E-state index contributed by atoms with van der Waals surface area (Å²) in [5.74, 6) is 0.345. The zero-order chi connectivity index (χ0) is 13.6. The maximum absolute atomic E-state index is 14.0. The first-order chi connectivity index (χ1) is 7.82. The van der Waals surface area contributed by atoms with Gasteiger partial charge in [-0.1, -0.05) is 46.8 Å². The minimum Gasteiger partial charge on any atom is -0.212 e. The van der Waals surface area contributed by atoms with E-state index in [1.165, 1.54) is 5.57 Å². The lowest BCUT2D eigenvalue weighted by atomic mass is 9.68. The van der Waals surface area contributed by atoms with Gasteiger partial charge in [0.15, 0.2) is 0 Å². The number of rotatable bonds is 7. The Morgan fingerprint density at radius 2 is 1.76 bits per heavy atom. The van der Waals surface area contributed by atoms with Crippen molar-refractivity contribution in [2.45, 2.75) is 67.2 Å². The topological polar surface area (TPSA) is 0 Å². The molecule has 0 rings (SSSR count). The van der Waals surface area contributed by atoms with Crippen molar-refractivity contribution in [3.63, 3.8) is 0 Å². The summed E-state index contributed by atoms with van der Waals surface area (Å²) in [6.45, 7) is 16.8. The van der Waals surface area contributed by atoms with Crippen molar-refractivity contribution in [1.82, 2.24) is 0 Å². The maximum atomic E-state index is 14.0. The van der Waals surface area contributed by atoms with Crippen LogP contribution in [0.2, 0.25) is 0 Å². The lowest BCUT2D eigenvalue weighted by molar-refractivity contribution is 0.284. The molecular weight excluding hydrogens is 211 g/mol. The summed E-state index contributed by atoms with van der Waals surface area (Å²) >= 11 is 0. The quantitative estimate of drug-likeness (QED) is 0.475. The van der Waals surface area contributed by atoms with Gasteiger partial charge in [0.1, 0.15) is 0 Å². The second kappa shape index (κ2) is 6.98. The molecule has 0 amide bonds. The zero-order valence-corrected chi connectivity index (χ0v) is 12.5. The highest BCUT2D eigenvalue weighted by molar-refractivity contribution is 5.19. The Morgan fingerprint density at radius 3 is 2.12 bits per heavy atom. The van der Waals surface area contributed by atoms with Gasteiger partial charge in [-0.15, -0.1) is 0 Å². The third kappa shape index (κ3) is 3.97. The summed E-state index contributed by atoms with van der Waals surface area (Å²) in [5.41, 5.74) is 2.13. The van der Waals surface area contributed by atoms with Gasteiger partial charge in [0.25, 0.3) is 0 Å². The van der Waals surface area contributed by atoms with Crippen LogP contribution >= 0.6 is 0 Å². The summed E-state index contributed by atoms with van der Waals surface area (Å²) in [5, 5.41) is 0. The summed E-state index contributed by atoms with van der Waals surface area (Å²) < 4.78 is 14.0. The molecule has 0 nitrogen and oxygen atoms in total. The van der Waals surface area contributed by atoms with E-state index in [1.807, 2.05) is 13.8 Å². The fourth-order valence-electron chi connectivity index (χ4n) is 2.67. The average molecular weight is 240 g/mol. The van der Waals surface area contributed by atoms with E-state index in [0.717, 1.165) is 24.8 Å². The molecule has 100 valence electrons. The van der Waals surface area contributed by atoms with Crippen LogP contribution in [0.4, 0.5) is 4.39 Å². The average Bonchev–Trinajstić information content (AvgIpc) is 2.28. The van der Waals surface area contributed by atoms with Crippen LogP contribution in [0.5, 0.6) is 0 Å². The van der Waals surface area contributed by atoms with Crippen molar-refractivity contribution >= 4 is 0 Å². The SMILES string of the molecule is C=C(CC)C(C)(C)[C@H](CC)/C(C)=C(/F)CCC. The molecule has 0 saturated carbocycles. The Bertz CT molecular complexity index is 284. The fourth-order valence-corrected chi connectivity index (χ4v) is 2.67. The van der Waals surface area contributed by atoms with Crippen LogP contribution in [-0.4, -0.2) is 0 Å². The number of hydrogen-bond acceptors (Lipinski definition) is 0. The van der Waals surface area contributed by atoms with E-state index >= 15 is 0 Å². The Hall–Kier alpha value is -0.590. The lowest BCUT2D eigenvalue weighted by Crippen LogP contribution is -2.27. The van der Waals surface area contributed by atoms with Gasteiger partial charge in [0.05, 0.1) is 5.83 Å². The molecule has 0 heterocycles. The molecule has 0 N–H and O–H groups in total. The summed E-state index contributed by atoms with van der Waals surface area (Å²) in [7, 11) is 0. The van der Waals surface area contributed by atoms with E-state index in [1.54, 1.807) is 0 Å². The van der Waals surface area contributed by atoms with E-state index in [-0.39, 0.29) is 17.2 Å². The van der Waals surface area contributed by atoms with Crippen LogP contribution in [0.1, 0.15) is 67.2 Å². The number of hydrogen-bond donors (Lipinski definition) is 0. The van der Waals surface area contributed by atoms with Crippen LogP contribution in [0.3, 0.4) is 0 Å². The van der Waals surface area contributed by atoms with Gasteiger partial charge >= 0.3 is 0 Å². The van der Waals surface area contributed by atoms with Crippen LogP contribution in [0.15, 0.2) is 23.6 Å². The van der Waals surface area contributed by atoms with Gasteiger partial charge in [-0.25, -0.2) is 4.39 Å². The molecule has 0 saturated heterocycles. The Morgan fingerprint density at radius 1 is 1.24 bits per heavy atom. The smallest absolute Gasteiger partial charge is 0.0991 e. The molecule has 1 atom stereocenters. The lowest BCUT2D eigenvalue weighted by Gasteiger charge is -2.36. The van der Waals surface area contributed by atoms with Crippen molar-refractivity contribution in [1.29, 1.82) is 0 Å². The van der Waals surface area contributed by atoms with Gasteiger partial charge in [-0.2, -0.15) is 0 Å². The standard InChI is InChI=1S/C16H29F/c1-8-11-15(17)13(5)14(10-3)16(6,7)12(4)9-2/h14H,4,8-11H2,1-3,5-7H3/b15-13+/t14-/m1/s1. The molecular formula is C16H29F. The van der Waals surface area contributed by atoms with Gasteiger partial charge in [0.2, 0.25) is 0 Å². The van der Waals surface area contributed by atoms with E-state index < -0.39 is 0 Å². The van der Waals surface area contributed by atoms with E-state index in [2.05, 4.69) is 34.3 Å². The Balaban J connectivity index is 5.20. The number of allylic oxidation sites excluding steroid dienone is 3. The van der Waals surface area contributed by atoms with Gasteiger partial charge in [-0.3, -0.25) is 0 Å². The minimum atomic E-state index is -0.0152. The third-order valence-corrected chi connectivity index (χ3v) is 4.04. The molecule has 0 fully saturated rings. The van der Waals surface area contributed by atoms with E-state index in [9.17, 15) is 4.39 Å². The van der Waals surface area contributed by atoms with E-state index in [0.29, 0.717) is 6.42 Å². The summed E-state index contributed by atoms with van der Waals surface area (Å²) in [4.78, 5) is 0. The molecule has 0 aromatic heterocycles. The fraction of sp³-hybridized carbons (Fsp3) is 0.750. The first-order valence-corrected chi connectivity index (χ1v) is 6.86. The summed E-state index contributed by atoms with van der Waals surface area (Å²) in [6.07, 6.45) is 3.37. The Labute approximate surface area is 107 Å². The van der Waals surface area contributed by atoms with Crippen molar-refractivity contribution in [2.75, 3.05) is 0 Å². The van der Waals surface area contributed by atoms with Crippen molar-refractivity contribution < 1.29 is 4.39 Å². The van der Waals surface area contributed by atoms with Crippen molar-refractivity contribution in [2.24, 2.45) is 11.3 Å². The monoisotopic (exact) mass is 240 g/mol. The molecule has 0 aromatic rings. The second-order valence-electron chi connectivity index (χ2n) is 5.48. The van der Waals surface area contributed by atoms with Crippen molar-refractivity contribution in [3.8, 4) is 0 Å². The molecule has 0 bridgehead atoms. The molecule has 0 aliphatic heterocycles. The Kier molecular flexibility index (Phi) is 6.74. The van der Waals surface area contributed by atoms with Crippen LogP contribution in [0, 0.1) is 11.3 Å². The molecule has 1 heteroatoms. The molecule has 17 heavy (non-hydrogen) atoms. The van der Waals surface area contributed by atoms with E-state index in [4.69, 9.17) is 0 Å². The molecule has 0 aliphatic rings. The van der Waals surface area contributed by atoms with Gasteiger partial charge in [-0.05, 0) is 49.5 Å². The molecule has 0 radical (unpaired) electrons. The molecule has 0 unspecified atom stereocenters.